The van der Waals surface area contributed by atoms with Crippen LogP contribution in [-0.4, -0.2) is 64.7 Å². The van der Waals surface area contributed by atoms with Gasteiger partial charge in [-0.25, -0.2) is 23.4 Å². The molecule has 0 saturated carbocycles. The van der Waals surface area contributed by atoms with Crippen LogP contribution in [0.1, 0.15) is 30.2 Å². The number of pyridine rings is 1. The highest BCUT2D eigenvalue weighted by molar-refractivity contribution is 7.91. The summed E-state index contributed by atoms with van der Waals surface area (Å²) < 4.78 is 45.6. The predicted octanol–water partition coefficient (Wildman–Crippen LogP) is 3.14. The molecule has 0 aliphatic heterocycles. The molecule has 11 nitrogen and oxygen atoms in total. The van der Waals surface area contributed by atoms with Gasteiger partial charge < -0.3 is 14.2 Å². The van der Waals surface area contributed by atoms with E-state index in [4.69, 9.17) is 14.2 Å². The summed E-state index contributed by atoms with van der Waals surface area (Å²) in [6.07, 6.45) is 3.91. The Hall–Kier alpha value is -3.90. The summed E-state index contributed by atoms with van der Waals surface area (Å²) in [6, 6.07) is 11.0. The van der Waals surface area contributed by atoms with Crippen LogP contribution in [0.4, 0.5) is 0 Å². The molecule has 2 atom stereocenters. The van der Waals surface area contributed by atoms with Crippen molar-refractivity contribution in [3.8, 4) is 28.7 Å². The third-order valence-corrected chi connectivity index (χ3v) is 7.93. The van der Waals surface area contributed by atoms with Crippen LogP contribution < -0.4 is 9.47 Å². The van der Waals surface area contributed by atoms with E-state index in [1.807, 2.05) is 37.3 Å². The van der Waals surface area contributed by atoms with Gasteiger partial charge in [0.2, 0.25) is 5.88 Å². The molecule has 3 heterocycles. The number of sulfone groups is 1. The zero-order chi connectivity index (χ0) is 26.6. The summed E-state index contributed by atoms with van der Waals surface area (Å²) in [5, 5.41) is 7.64. The van der Waals surface area contributed by atoms with E-state index >= 15 is 0 Å². The molecule has 0 fully saturated rings. The summed E-state index contributed by atoms with van der Waals surface area (Å²) in [5.74, 6) is 1.06. The lowest BCUT2D eigenvalue weighted by Gasteiger charge is -2.22. The second-order valence-corrected chi connectivity index (χ2v) is 10.7. The zero-order valence-electron chi connectivity index (χ0n) is 21.2. The molecule has 0 unspecified atom stereocenters. The van der Waals surface area contributed by atoms with E-state index in [1.54, 1.807) is 30.0 Å². The summed E-state index contributed by atoms with van der Waals surface area (Å²) in [5.41, 5.74) is 1.97. The standard InChI is InChI=1S/C25H28N6O5S/c1-16-13-27-23(28-14-16)22(35-4)17(2)37(32,33)15-20-29-30-24(18-9-7-6-8-10-18)31(20)21-19(34-3)11-12-26-25(21)36-5/h6-14,17,22H,15H2,1-5H3/t17-,22-/m0/s1. The minimum atomic E-state index is -3.85. The Bertz CT molecular complexity index is 1440. The number of ether oxygens (including phenoxy) is 3. The Morgan fingerprint density at radius 2 is 1.65 bits per heavy atom. The monoisotopic (exact) mass is 524 g/mol. The number of aryl methyl sites for hydroxylation is 1. The predicted molar refractivity (Wildman–Crippen MR) is 136 cm³/mol. The van der Waals surface area contributed by atoms with E-state index in [-0.39, 0.29) is 17.5 Å². The molecule has 0 amide bonds. The normalized spacial score (nSPS) is 13.2. The number of rotatable bonds is 10. The van der Waals surface area contributed by atoms with Gasteiger partial charge >= 0.3 is 0 Å². The topological polar surface area (TPSA) is 131 Å². The highest BCUT2D eigenvalue weighted by Crippen LogP contribution is 2.35. The van der Waals surface area contributed by atoms with Crippen LogP contribution in [0.5, 0.6) is 11.6 Å². The molecule has 0 saturated heterocycles. The third-order valence-electron chi connectivity index (χ3n) is 5.89. The number of methoxy groups -OCH3 is 3. The molecule has 1 aromatic carbocycles. The summed E-state index contributed by atoms with van der Waals surface area (Å²) in [4.78, 5) is 12.8. The van der Waals surface area contributed by atoms with E-state index in [0.29, 0.717) is 17.3 Å². The Morgan fingerprint density at radius 3 is 2.27 bits per heavy atom. The fraction of sp³-hybridized carbons (Fsp3) is 0.320. The van der Waals surface area contributed by atoms with E-state index in [9.17, 15) is 8.42 Å². The SMILES string of the molecule is COc1ccnc(OC)c1-n1c(CS(=O)(=O)[C@@H](C)[C@H](OC)c2ncc(C)cn2)nnc1-c1ccccc1. The fourth-order valence-corrected chi connectivity index (χ4v) is 5.33. The van der Waals surface area contributed by atoms with Gasteiger partial charge in [0.25, 0.3) is 0 Å². The van der Waals surface area contributed by atoms with Crippen molar-refractivity contribution in [3.63, 3.8) is 0 Å². The van der Waals surface area contributed by atoms with Crippen molar-refractivity contribution in [2.75, 3.05) is 21.3 Å². The fourth-order valence-electron chi connectivity index (χ4n) is 3.91. The first-order valence-corrected chi connectivity index (χ1v) is 13.1. The van der Waals surface area contributed by atoms with Crippen molar-refractivity contribution in [1.82, 2.24) is 29.7 Å². The molecule has 37 heavy (non-hydrogen) atoms. The van der Waals surface area contributed by atoms with Crippen LogP contribution in [0.2, 0.25) is 0 Å². The maximum atomic E-state index is 13.7. The van der Waals surface area contributed by atoms with Crippen molar-refractivity contribution in [3.05, 3.63) is 72.2 Å². The van der Waals surface area contributed by atoms with Gasteiger partial charge in [0, 0.05) is 37.3 Å². The van der Waals surface area contributed by atoms with Crippen molar-refractivity contribution < 1.29 is 22.6 Å². The maximum Gasteiger partial charge on any atom is 0.242 e. The van der Waals surface area contributed by atoms with Gasteiger partial charge in [-0.3, -0.25) is 4.57 Å². The van der Waals surface area contributed by atoms with Crippen molar-refractivity contribution in [2.45, 2.75) is 31.0 Å². The van der Waals surface area contributed by atoms with Crippen LogP contribution >= 0.6 is 0 Å². The molecule has 4 aromatic rings. The highest BCUT2D eigenvalue weighted by Gasteiger charge is 2.35. The van der Waals surface area contributed by atoms with Gasteiger partial charge in [0.15, 0.2) is 33.0 Å². The van der Waals surface area contributed by atoms with E-state index in [0.717, 1.165) is 11.1 Å². The van der Waals surface area contributed by atoms with E-state index in [2.05, 4.69) is 25.1 Å². The maximum absolute atomic E-state index is 13.7. The molecule has 0 N–H and O–H groups in total. The summed E-state index contributed by atoms with van der Waals surface area (Å²) in [6.45, 7) is 3.42. The van der Waals surface area contributed by atoms with Crippen LogP contribution in [0.25, 0.3) is 17.1 Å². The van der Waals surface area contributed by atoms with Crippen molar-refractivity contribution >= 4 is 9.84 Å². The molecular weight excluding hydrogens is 496 g/mol. The molecule has 0 spiro atoms. The Kier molecular flexibility index (Phi) is 7.79. The Balaban J connectivity index is 1.83. The first-order valence-electron chi connectivity index (χ1n) is 11.4. The smallest absolute Gasteiger partial charge is 0.242 e. The average Bonchev–Trinajstić information content (AvgIpc) is 3.32. The van der Waals surface area contributed by atoms with Gasteiger partial charge in [-0.15, -0.1) is 10.2 Å². The lowest BCUT2D eigenvalue weighted by Crippen LogP contribution is -2.30. The first-order chi connectivity index (χ1) is 17.8. The molecule has 0 bridgehead atoms. The Labute approximate surface area is 215 Å². The second kappa shape index (κ2) is 11.0. The third kappa shape index (κ3) is 5.30. The first kappa shape index (κ1) is 26.2. The van der Waals surface area contributed by atoms with Crippen molar-refractivity contribution in [2.24, 2.45) is 0 Å². The van der Waals surface area contributed by atoms with Crippen LogP contribution in [0, 0.1) is 6.92 Å². The minimum absolute atomic E-state index is 0.162. The molecule has 4 rings (SSSR count). The summed E-state index contributed by atoms with van der Waals surface area (Å²) in [7, 11) is 0.561. The number of benzene rings is 1. The van der Waals surface area contributed by atoms with Crippen molar-refractivity contribution in [1.29, 1.82) is 0 Å². The van der Waals surface area contributed by atoms with Crippen LogP contribution in [-0.2, 0) is 20.3 Å². The minimum Gasteiger partial charge on any atom is -0.494 e. The van der Waals surface area contributed by atoms with Gasteiger partial charge in [-0.1, -0.05) is 30.3 Å². The highest BCUT2D eigenvalue weighted by atomic mass is 32.2. The molecule has 0 aliphatic carbocycles. The molecule has 194 valence electrons. The molecule has 12 heteroatoms. The lowest BCUT2D eigenvalue weighted by molar-refractivity contribution is 0.0947. The van der Waals surface area contributed by atoms with Gasteiger partial charge in [-0.05, 0) is 19.4 Å². The Morgan fingerprint density at radius 1 is 0.946 bits per heavy atom. The molecule has 0 radical (unpaired) electrons. The average molecular weight is 525 g/mol. The van der Waals surface area contributed by atoms with Crippen LogP contribution in [0.3, 0.4) is 0 Å². The van der Waals surface area contributed by atoms with Gasteiger partial charge in [-0.2, -0.15) is 0 Å². The molecule has 3 aromatic heterocycles. The number of aromatic nitrogens is 6. The van der Waals surface area contributed by atoms with Gasteiger partial charge in [0.05, 0.1) is 19.5 Å². The van der Waals surface area contributed by atoms with Gasteiger partial charge in [0.1, 0.15) is 17.6 Å². The second-order valence-electron chi connectivity index (χ2n) is 8.30. The summed E-state index contributed by atoms with van der Waals surface area (Å²) >= 11 is 0. The zero-order valence-corrected chi connectivity index (χ0v) is 22.0. The quantitative estimate of drug-likeness (QED) is 0.305. The molecule has 0 aliphatic rings. The molecular formula is C25H28N6O5S. The van der Waals surface area contributed by atoms with E-state index in [1.165, 1.54) is 27.5 Å². The lowest BCUT2D eigenvalue weighted by atomic mass is 10.2. The number of nitrogens with zero attached hydrogens (tertiary/aromatic N) is 6. The van der Waals surface area contributed by atoms with E-state index < -0.39 is 26.9 Å². The number of hydrogen-bond acceptors (Lipinski definition) is 10. The van der Waals surface area contributed by atoms with Crippen LogP contribution in [0.15, 0.2) is 55.0 Å². The largest absolute Gasteiger partial charge is 0.494 e. The number of hydrogen-bond donors (Lipinski definition) is 0.